The molecular weight excluding hydrogens is 372 g/mol. The van der Waals surface area contributed by atoms with Gasteiger partial charge in [-0.25, -0.2) is 8.42 Å². The third-order valence-electron chi connectivity index (χ3n) is 3.83. The Morgan fingerprint density at radius 3 is 2.33 bits per heavy atom. The summed E-state index contributed by atoms with van der Waals surface area (Å²) >= 11 is 0. The van der Waals surface area contributed by atoms with Gasteiger partial charge < -0.3 is 18.7 Å². The zero-order valence-corrected chi connectivity index (χ0v) is 15.7. The van der Waals surface area contributed by atoms with Crippen molar-refractivity contribution in [1.82, 2.24) is 5.16 Å². The number of benzene rings is 2. The molecule has 0 saturated carbocycles. The van der Waals surface area contributed by atoms with Crippen molar-refractivity contribution in [2.45, 2.75) is 4.90 Å². The van der Waals surface area contributed by atoms with Crippen LogP contribution in [0, 0.1) is 0 Å². The number of nitrogens with zero attached hydrogens (tertiary/aromatic N) is 1. The number of hydrogen-bond acceptors (Lipinski definition) is 7. The Labute approximate surface area is 156 Å². The Bertz CT molecular complexity index is 1030. The van der Waals surface area contributed by atoms with Crippen molar-refractivity contribution in [3.8, 4) is 28.6 Å². The van der Waals surface area contributed by atoms with Crippen molar-refractivity contribution in [3.05, 3.63) is 48.7 Å². The highest BCUT2D eigenvalue weighted by Crippen LogP contribution is 2.34. The third-order valence-corrected chi connectivity index (χ3v) is 5.23. The molecule has 9 heteroatoms. The molecule has 0 atom stereocenters. The van der Waals surface area contributed by atoms with Crippen LogP contribution in [-0.4, -0.2) is 34.9 Å². The van der Waals surface area contributed by atoms with E-state index >= 15 is 0 Å². The lowest BCUT2D eigenvalue weighted by atomic mass is 10.1. The van der Waals surface area contributed by atoms with Gasteiger partial charge in [-0.3, -0.25) is 4.72 Å². The molecule has 0 saturated heterocycles. The van der Waals surface area contributed by atoms with E-state index in [0.29, 0.717) is 22.8 Å². The van der Waals surface area contributed by atoms with Gasteiger partial charge in [-0.15, -0.1) is 0 Å². The zero-order valence-electron chi connectivity index (χ0n) is 14.9. The monoisotopic (exact) mass is 390 g/mol. The summed E-state index contributed by atoms with van der Waals surface area (Å²) in [6, 6.07) is 11.1. The van der Waals surface area contributed by atoms with E-state index in [9.17, 15) is 8.42 Å². The Morgan fingerprint density at radius 2 is 1.70 bits per heavy atom. The van der Waals surface area contributed by atoms with E-state index in [1.165, 1.54) is 39.7 Å². The van der Waals surface area contributed by atoms with E-state index in [1.807, 2.05) is 0 Å². The second-order valence-electron chi connectivity index (χ2n) is 5.41. The molecule has 27 heavy (non-hydrogen) atoms. The first-order valence-corrected chi connectivity index (χ1v) is 9.30. The molecule has 0 spiro atoms. The van der Waals surface area contributed by atoms with Gasteiger partial charge in [0.2, 0.25) is 0 Å². The number of rotatable bonds is 7. The van der Waals surface area contributed by atoms with Gasteiger partial charge >= 0.3 is 0 Å². The average molecular weight is 390 g/mol. The van der Waals surface area contributed by atoms with Crippen molar-refractivity contribution in [1.29, 1.82) is 0 Å². The predicted octanol–water partition coefficient (Wildman–Crippen LogP) is 3.17. The molecule has 0 aliphatic rings. The second-order valence-corrected chi connectivity index (χ2v) is 7.06. The Kier molecular flexibility index (Phi) is 5.22. The van der Waals surface area contributed by atoms with E-state index in [4.69, 9.17) is 18.7 Å². The molecule has 1 N–H and O–H groups in total. The molecule has 0 radical (unpaired) electrons. The molecule has 0 unspecified atom stereocenters. The first-order chi connectivity index (χ1) is 13.0. The fourth-order valence-electron chi connectivity index (χ4n) is 2.50. The minimum Gasteiger partial charge on any atom is -0.497 e. The Balaban J connectivity index is 2.00. The fraction of sp³-hybridized carbons (Fsp3) is 0.167. The molecule has 3 rings (SSSR count). The normalized spacial score (nSPS) is 11.1. The molecular formula is C18H18N2O6S. The summed E-state index contributed by atoms with van der Waals surface area (Å²) in [6.45, 7) is 0. The maximum absolute atomic E-state index is 12.9. The lowest BCUT2D eigenvalue weighted by Gasteiger charge is -2.15. The molecule has 0 aliphatic heterocycles. The molecule has 1 heterocycles. The number of nitrogens with one attached hydrogen (secondary N) is 1. The maximum atomic E-state index is 12.9. The highest BCUT2D eigenvalue weighted by atomic mass is 32.2. The smallest absolute Gasteiger partial charge is 0.265 e. The van der Waals surface area contributed by atoms with E-state index in [-0.39, 0.29) is 16.3 Å². The number of ether oxygens (including phenoxy) is 3. The molecule has 3 aromatic rings. The van der Waals surface area contributed by atoms with Crippen LogP contribution >= 0.6 is 0 Å². The minimum absolute atomic E-state index is 0.0295. The number of anilines is 1. The van der Waals surface area contributed by atoms with Gasteiger partial charge in [-0.05, 0) is 30.3 Å². The van der Waals surface area contributed by atoms with Crippen LogP contribution in [0.15, 0.2) is 58.1 Å². The van der Waals surface area contributed by atoms with Gasteiger partial charge in [-0.1, -0.05) is 5.16 Å². The lowest BCUT2D eigenvalue weighted by molar-refractivity contribution is 0.401. The van der Waals surface area contributed by atoms with Gasteiger partial charge in [0.25, 0.3) is 10.0 Å². The largest absolute Gasteiger partial charge is 0.497 e. The Hall–Kier alpha value is -3.20. The van der Waals surface area contributed by atoms with Crippen LogP contribution in [0.25, 0.3) is 11.3 Å². The van der Waals surface area contributed by atoms with E-state index in [2.05, 4.69) is 9.88 Å². The van der Waals surface area contributed by atoms with Crippen molar-refractivity contribution in [2.75, 3.05) is 26.1 Å². The van der Waals surface area contributed by atoms with Crippen LogP contribution in [-0.2, 0) is 10.0 Å². The topological polar surface area (TPSA) is 99.9 Å². The van der Waals surface area contributed by atoms with Crippen molar-refractivity contribution in [3.63, 3.8) is 0 Å². The second kappa shape index (κ2) is 7.58. The molecule has 2 aromatic carbocycles. The number of methoxy groups -OCH3 is 3. The standard InChI is InChI=1S/C18H18N2O6S/c1-23-13-5-6-16(24-2)14(11-13)20-27(21,22)18-7-4-12(10-17(18)25-3)15-8-9-19-26-15/h4-11,20H,1-3H3. The van der Waals surface area contributed by atoms with E-state index in [0.717, 1.165) is 0 Å². The molecule has 0 bridgehead atoms. The molecule has 0 fully saturated rings. The van der Waals surface area contributed by atoms with E-state index < -0.39 is 10.0 Å². The van der Waals surface area contributed by atoms with Gasteiger partial charge in [0, 0.05) is 17.7 Å². The molecule has 142 valence electrons. The third kappa shape index (κ3) is 3.82. The zero-order chi connectivity index (χ0) is 19.4. The van der Waals surface area contributed by atoms with Gasteiger partial charge in [0.15, 0.2) is 5.76 Å². The van der Waals surface area contributed by atoms with Crippen LogP contribution in [0.2, 0.25) is 0 Å². The molecule has 1 aromatic heterocycles. The highest BCUT2D eigenvalue weighted by Gasteiger charge is 2.22. The summed E-state index contributed by atoms with van der Waals surface area (Å²) in [5.74, 6) is 1.51. The van der Waals surface area contributed by atoms with Gasteiger partial charge in [0.05, 0.1) is 33.2 Å². The minimum atomic E-state index is -3.96. The van der Waals surface area contributed by atoms with Crippen LogP contribution in [0.1, 0.15) is 0 Å². The molecule has 0 aliphatic carbocycles. The van der Waals surface area contributed by atoms with Crippen molar-refractivity contribution < 1.29 is 27.2 Å². The number of aromatic nitrogens is 1. The average Bonchev–Trinajstić information content (AvgIpc) is 3.22. The van der Waals surface area contributed by atoms with E-state index in [1.54, 1.807) is 30.3 Å². The summed E-state index contributed by atoms with van der Waals surface area (Å²) in [5.41, 5.74) is 0.889. The fourth-order valence-corrected chi connectivity index (χ4v) is 3.71. The quantitative estimate of drug-likeness (QED) is 0.661. The SMILES string of the molecule is COc1ccc(OC)c(NS(=O)(=O)c2ccc(-c3ccno3)cc2OC)c1. The van der Waals surface area contributed by atoms with Crippen LogP contribution in [0.4, 0.5) is 5.69 Å². The first kappa shape index (κ1) is 18.6. The van der Waals surface area contributed by atoms with Crippen molar-refractivity contribution in [2.24, 2.45) is 0 Å². The van der Waals surface area contributed by atoms with Crippen LogP contribution in [0.3, 0.4) is 0 Å². The first-order valence-electron chi connectivity index (χ1n) is 7.82. The number of sulfonamides is 1. The summed E-state index contributed by atoms with van der Waals surface area (Å²) < 4.78 is 49.1. The van der Waals surface area contributed by atoms with Gasteiger partial charge in [0.1, 0.15) is 22.1 Å². The summed E-state index contributed by atoms with van der Waals surface area (Å²) in [5, 5.41) is 3.64. The lowest BCUT2D eigenvalue weighted by Crippen LogP contribution is -2.15. The molecule has 0 amide bonds. The number of hydrogen-bond donors (Lipinski definition) is 1. The van der Waals surface area contributed by atoms with Crippen LogP contribution in [0.5, 0.6) is 17.2 Å². The molecule has 8 nitrogen and oxygen atoms in total. The summed E-state index contributed by atoms with van der Waals surface area (Å²) in [6.07, 6.45) is 1.50. The maximum Gasteiger partial charge on any atom is 0.265 e. The van der Waals surface area contributed by atoms with Gasteiger partial charge in [-0.2, -0.15) is 0 Å². The summed E-state index contributed by atoms with van der Waals surface area (Å²) in [7, 11) is 0.380. The predicted molar refractivity (Wildman–Crippen MR) is 98.8 cm³/mol. The summed E-state index contributed by atoms with van der Waals surface area (Å²) in [4.78, 5) is -0.0295. The highest BCUT2D eigenvalue weighted by molar-refractivity contribution is 7.92. The Morgan fingerprint density at radius 1 is 0.926 bits per heavy atom. The van der Waals surface area contributed by atoms with Crippen LogP contribution < -0.4 is 18.9 Å². The van der Waals surface area contributed by atoms with Crippen molar-refractivity contribution >= 4 is 15.7 Å².